The zero-order chi connectivity index (χ0) is 23.1. The van der Waals surface area contributed by atoms with Crippen molar-refractivity contribution in [3.05, 3.63) is 54.4 Å². The standard InChI is InChI=1S/C22H29N5O4S/c1-27(2)21(28)19-7-3-4-8-20(19)26-32(30,31)18-11-9-17(10-12-18)25-22(29)24-15-16-6-5-13-23-14-16/h5-6,9-14,19-20,26H,3-4,7-8,15H2,1-2H3,(H2,24,25,29). The zero-order valence-corrected chi connectivity index (χ0v) is 19.1. The quantitative estimate of drug-likeness (QED) is 0.587. The van der Waals surface area contributed by atoms with Crippen LogP contribution in [0.4, 0.5) is 10.5 Å². The number of hydrogen-bond donors (Lipinski definition) is 3. The van der Waals surface area contributed by atoms with Crippen LogP contribution >= 0.6 is 0 Å². The van der Waals surface area contributed by atoms with E-state index >= 15 is 0 Å². The fraction of sp³-hybridized carbons (Fsp3) is 0.409. The van der Waals surface area contributed by atoms with Crippen LogP contribution in [0, 0.1) is 5.92 Å². The predicted molar refractivity (Wildman–Crippen MR) is 121 cm³/mol. The highest BCUT2D eigenvalue weighted by molar-refractivity contribution is 7.89. The summed E-state index contributed by atoms with van der Waals surface area (Å²) in [6.07, 6.45) is 6.40. The molecule has 2 unspecified atom stereocenters. The molecule has 9 nitrogen and oxygen atoms in total. The highest BCUT2D eigenvalue weighted by Crippen LogP contribution is 2.27. The molecule has 0 aliphatic heterocycles. The van der Waals surface area contributed by atoms with Gasteiger partial charge in [0.1, 0.15) is 0 Å². The van der Waals surface area contributed by atoms with Gasteiger partial charge in [0.2, 0.25) is 15.9 Å². The lowest BCUT2D eigenvalue weighted by molar-refractivity contribution is -0.134. The van der Waals surface area contributed by atoms with Gasteiger partial charge in [0.05, 0.1) is 10.8 Å². The van der Waals surface area contributed by atoms with Gasteiger partial charge in [0, 0.05) is 44.8 Å². The van der Waals surface area contributed by atoms with Crippen molar-refractivity contribution in [2.75, 3.05) is 19.4 Å². The number of urea groups is 1. The van der Waals surface area contributed by atoms with E-state index in [1.54, 1.807) is 32.6 Å². The number of benzene rings is 1. The number of pyridine rings is 1. The number of aromatic nitrogens is 1. The number of nitrogens with zero attached hydrogens (tertiary/aromatic N) is 2. The van der Waals surface area contributed by atoms with Crippen LogP contribution in [-0.4, -0.2) is 50.4 Å². The monoisotopic (exact) mass is 459 g/mol. The minimum atomic E-state index is -3.80. The van der Waals surface area contributed by atoms with E-state index in [0.29, 0.717) is 25.1 Å². The first-order valence-corrected chi connectivity index (χ1v) is 12.0. The second kappa shape index (κ2) is 10.6. The van der Waals surface area contributed by atoms with Crippen molar-refractivity contribution in [2.24, 2.45) is 5.92 Å². The summed E-state index contributed by atoms with van der Waals surface area (Å²) in [7, 11) is -0.436. The summed E-state index contributed by atoms with van der Waals surface area (Å²) in [5, 5.41) is 5.39. The Hall–Kier alpha value is -2.98. The Balaban J connectivity index is 1.60. The third-order valence-electron chi connectivity index (χ3n) is 5.43. The molecule has 2 aromatic rings. The van der Waals surface area contributed by atoms with Crippen LogP contribution in [0.15, 0.2) is 53.7 Å². The second-order valence-electron chi connectivity index (χ2n) is 8.04. The molecule has 0 radical (unpaired) electrons. The van der Waals surface area contributed by atoms with Crippen LogP contribution in [-0.2, 0) is 21.4 Å². The molecule has 10 heteroatoms. The molecule has 1 heterocycles. The average molecular weight is 460 g/mol. The minimum Gasteiger partial charge on any atom is -0.349 e. The molecule has 0 spiro atoms. The van der Waals surface area contributed by atoms with Crippen molar-refractivity contribution >= 4 is 27.6 Å². The van der Waals surface area contributed by atoms with Crippen molar-refractivity contribution < 1.29 is 18.0 Å². The first-order valence-electron chi connectivity index (χ1n) is 10.5. The number of anilines is 1. The van der Waals surface area contributed by atoms with Gasteiger partial charge >= 0.3 is 6.03 Å². The Morgan fingerprint density at radius 2 is 1.81 bits per heavy atom. The number of rotatable bonds is 7. The van der Waals surface area contributed by atoms with E-state index in [0.717, 1.165) is 18.4 Å². The lowest BCUT2D eigenvalue weighted by Gasteiger charge is -2.32. The summed E-state index contributed by atoms with van der Waals surface area (Å²) in [6, 6.07) is 8.73. The Morgan fingerprint density at radius 3 is 2.47 bits per heavy atom. The molecule has 3 rings (SSSR count). The summed E-state index contributed by atoms with van der Waals surface area (Å²) >= 11 is 0. The molecule has 32 heavy (non-hydrogen) atoms. The first-order chi connectivity index (χ1) is 15.3. The minimum absolute atomic E-state index is 0.0609. The normalized spacial score (nSPS) is 18.6. The third kappa shape index (κ3) is 6.27. The summed E-state index contributed by atoms with van der Waals surface area (Å²) in [5.41, 5.74) is 1.33. The molecule has 172 valence electrons. The van der Waals surface area contributed by atoms with Gasteiger partial charge in [0.15, 0.2) is 0 Å². The molecule has 1 aliphatic rings. The van der Waals surface area contributed by atoms with Crippen LogP contribution in [0.5, 0.6) is 0 Å². The molecule has 1 aromatic carbocycles. The molecule has 0 saturated heterocycles. The summed E-state index contributed by atoms with van der Waals surface area (Å²) in [6.45, 7) is 0.324. The highest BCUT2D eigenvalue weighted by Gasteiger charge is 2.34. The number of hydrogen-bond acceptors (Lipinski definition) is 5. The van der Waals surface area contributed by atoms with E-state index in [1.807, 2.05) is 6.07 Å². The van der Waals surface area contributed by atoms with Crippen molar-refractivity contribution in [1.82, 2.24) is 19.9 Å². The summed E-state index contributed by atoms with van der Waals surface area (Å²) in [5.74, 6) is -0.424. The first kappa shape index (κ1) is 23.7. The number of carbonyl (C=O) groups excluding carboxylic acids is 2. The smallest absolute Gasteiger partial charge is 0.319 e. The van der Waals surface area contributed by atoms with E-state index in [1.165, 1.54) is 29.2 Å². The van der Waals surface area contributed by atoms with Gasteiger partial charge in [-0.15, -0.1) is 0 Å². The Morgan fingerprint density at radius 1 is 1.09 bits per heavy atom. The Bertz CT molecular complexity index is 1030. The van der Waals surface area contributed by atoms with E-state index in [4.69, 9.17) is 0 Å². The number of sulfonamides is 1. The second-order valence-corrected chi connectivity index (χ2v) is 9.76. The van der Waals surface area contributed by atoms with Gasteiger partial charge in [-0.25, -0.2) is 17.9 Å². The molecule has 1 aliphatic carbocycles. The van der Waals surface area contributed by atoms with Crippen LogP contribution in [0.2, 0.25) is 0 Å². The molecule has 3 N–H and O–H groups in total. The van der Waals surface area contributed by atoms with Crippen LogP contribution in [0.1, 0.15) is 31.2 Å². The van der Waals surface area contributed by atoms with E-state index < -0.39 is 22.1 Å². The highest BCUT2D eigenvalue weighted by atomic mass is 32.2. The molecule has 3 amide bonds. The van der Waals surface area contributed by atoms with E-state index in [9.17, 15) is 18.0 Å². The molecular formula is C22H29N5O4S. The molecular weight excluding hydrogens is 430 g/mol. The van der Waals surface area contributed by atoms with Gasteiger partial charge in [-0.2, -0.15) is 0 Å². The average Bonchev–Trinajstić information content (AvgIpc) is 2.78. The Kier molecular flexibility index (Phi) is 7.81. The predicted octanol–water partition coefficient (Wildman–Crippen LogP) is 2.33. The molecule has 1 aromatic heterocycles. The third-order valence-corrected chi connectivity index (χ3v) is 6.93. The lowest BCUT2D eigenvalue weighted by Crippen LogP contribution is -2.48. The number of nitrogens with one attached hydrogen (secondary N) is 3. The maximum absolute atomic E-state index is 12.9. The van der Waals surface area contributed by atoms with Crippen molar-refractivity contribution in [1.29, 1.82) is 0 Å². The summed E-state index contributed by atoms with van der Waals surface area (Å²) in [4.78, 5) is 30.1. The van der Waals surface area contributed by atoms with Gasteiger partial charge in [-0.1, -0.05) is 18.9 Å². The number of amides is 3. The largest absolute Gasteiger partial charge is 0.349 e. The summed E-state index contributed by atoms with van der Waals surface area (Å²) < 4.78 is 28.5. The molecule has 2 atom stereocenters. The van der Waals surface area contributed by atoms with Crippen molar-refractivity contribution in [3.8, 4) is 0 Å². The van der Waals surface area contributed by atoms with Crippen molar-refractivity contribution in [3.63, 3.8) is 0 Å². The number of carbonyl (C=O) groups is 2. The lowest BCUT2D eigenvalue weighted by atomic mass is 9.84. The van der Waals surface area contributed by atoms with Gasteiger partial charge in [0.25, 0.3) is 0 Å². The fourth-order valence-corrected chi connectivity index (χ4v) is 5.06. The van der Waals surface area contributed by atoms with Crippen LogP contribution in [0.3, 0.4) is 0 Å². The topological polar surface area (TPSA) is 121 Å². The van der Waals surface area contributed by atoms with Crippen LogP contribution in [0.25, 0.3) is 0 Å². The van der Waals surface area contributed by atoms with Gasteiger partial charge in [-0.05, 0) is 48.7 Å². The zero-order valence-electron chi connectivity index (χ0n) is 18.2. The van der Waals surface area contributed by atoms with Gasteiger partial charge < -0.3 is 15.5 Å². The van der Waals surface area contributed by atoms with E-state index in [2.05, 4.69) is 20.3 Å². The molecule has 1 fully saturated rings. The molecule has 1 saturated carbocycles. The van der Waals surface area contributed by atoms with Crippen molar-refractivity contribution in [2.45, 2.75) is 43.2 Å². The van der Waals surface area contributed by atoms with Crippen LogP contribution < -0.4 is 15.4 Å². The van der Waals surface area contributed by atoms with Gasteiger partial charge in [-0.3, -0.25) is 9.78 Å². The SMILES string of the molecule is CN(C)C(=O)C1CCCCC1NS(=O)(=O)c1ccc(NC(=O)NCc2cccnc2)cc1. The maximum Gasteiger partial charge on any atom is 0.319 e. The Labute approximate surface area is 188 Å². The maximum atomic E-state index is 12.9. The molecule has 0 bridgehead atoms. The van der Waals surface area contributed by atoms with E-state index in [-0.39, 0.29) is 16.7 Å². The fourth-order valence-electron chi connectivity index (χ4n) is 3.74.